The fourth-order valence-corrected chi connectivity index (χ4v) is 1.12. The van der Waals surface area contributed by atoms with Crippen LogP contribution in [-0.4, -0.2) is 35.5 Å². The average molecular weight is 215 g/mol. The third-order valence-electron chi connectivity index (χ3n) is 1.97. The van der Waals surface area contributed by atoms with Gasteiger partial charge in [-0.05, 0) is 19.3 Å². The van der Waals surface area contributed by atoms with Crippen LogP contribution in [0, 0.1) is 5.92 Å². The van der Waals surface area contributed by atoms with E-state index in [4.69, 9.17) is 10.8 Å². The van der Waals surface area contributed by atoms with E-state index >= 15 is 0 Å². The van der Waals surface area contributed by atoms with E-state index in [1.807, 2.05) is 13.8 Å². The zero-order valence-electron chi connectivity index (χ0n) is 9.36. The highest BCUT2D eigenvalue weighted by molar-refractivity contribution is 5.84. The van der Waals surface area contributed by atoms with E-state index in [0.717, 1.165) is 0 Å². The van der Waals surface area contributed by atoms with Crippen molar-refractivity contribution in [3.8, 4) is 0 Å². The van der Waals surface area contributed by atoms with Crippen LogP contribution in [0.5, 0.6) is 0 Å². The van der Waals surface area contributed by atoms with Crippen molar-refractivity contribution in [2.24, 2.45) is 11.7 Å². The Morgan fingerprint density at radius 1 is 1.47 bits per heavy atom. The predicted molar refractivity (Wildman–Crippen MR) is 56.7 cm³/mol. The zero-order chi connectivity index (χ0) is 12.0. The summed E-state index contributed by atoms with van der Waals surface area (Å²) in [4.78, 5) is 21.8. The quantitative estimate of drug-likeness (QED) is 0.548. The molecule has 0 heterocycles. The summed E-state index contributed by atoms with van der Waals surface area (Å²) in [6, 6.07) is -1.66. The number of nitrogens with one attached hydrogen (secondary N) is 1. The van der Waals surface area contributed by atoms with E-state index < -0.39 is 24.1 Å². The molecule has 5 heteroatoms. The largest absolute Gasteiger partial charge is 0.391 e. The number of hydrogen-bond donors (Lipinski definition) is 3. The summed E-state index contributed by atoms with van der Waals surface area (Å²) in [6.45, 7) is 5.31. The third kappa shape index (κ3) is 5.49. The molecule has 0 aliphatic heterocycles. The number of rotatable bonds is 6. The van der Waals surface area contributed by atoms with Gasteiger partial charge in [-0.3, -0.25) is 9.59 Å². The number of aliphatic hydroxyl groups excluding tert-OH is 1. The number of aliphatic hydroxyl groups is 1. The zero-order valence-corrected chi connectivity index (χ0v) is 9.36. The minimum absolute atomic E-state index is 0.302. The van der Waals surface area contributed by atoms with Crippen molar-refractivity contribution >= 4 is 12.2 Å². The molecule has 0 aliphatic rings. The first-order chi connectivity index (χ1) is 6.88. The molecule has 1 radical (unpaired) electrons. The molecule has 0 aromatic rings. The van der Waals surface area contributed by atoms with Crippen molar-refractivity contribution in [1.82, 2.24) is 5.32 Å². The molecule has 0 aromatic heterocycles. The van der Waals surface area contributed by atoms with Crippen LogP contribution in [0.1, 0.15) is 27.2 Å². The Morgan fingerprint density at radius 3 is 2.33 bits per heavy atom. The Kier molecular flexibility index (Phi) is 6.12. The van der Waals surface area contributed by atoms with Crippen LogP contribution in [-0.2, 0) is 9.59 Å². The lowest BCUT2D eigenvalue weighted by Crippen LogP contribution is -2.50. The van der Waals surface area contributed by atoms with Gasteiger partial charge in [-0.15, -0.1) is 0 Å². The number of amides is 1. The van der Waals surface area contributed by atoms with Crippen LogP contribution < -0.4 is 11.1 Å². The molecule has 4 N–H and O–H groups in total. The van der Waals surface area contributed by atoms with Crippen molar-refractivity contribution in [3.63, 3.8) is 0 Å². The number of nitrogens with two attached hydrogens (primary N) is 1. The maximum absolute atomic E-state index is 11.4. The molecule has 0 spiro atoms. The lowest BCUT2D eigenvalue weighted by molar-refractivity contribution is -0.123. The molecular formula is C10H19N2O3. The molecule has 0 bridgehead atoms. The number of carbonyl (C=O) groups is 1. The summed E-state index contributed by atoms with van der Waals surface area (Å²) in [7, 11) is 0. The van der Waals surface area contributed by atoms with Gasteiger partial charge in [0.05, 0.1) is 12.1 Å². The molecule has 3 atom stereocenters. The summed E-state index contributed by atoms with van der Waals surface area (Å²) < 4.78 is 0. The molecule has 1 amide bonds. The second kappa shape index (κ2) is 6.53. The van der Waals surface area contributed by atoms with Gasteiger partial charge >= 0.3 is 0 Å². The minimum Gasteiger partial charge on any atom is -0.391 e. The summed E-state index contributed by atoms with van der Waals surface area (Å²) in [5.41, 5.74) is 5.60. The first kappa shape index (κ1) is 14.1. The second-order valence-electron chi connectivity index (χ2n) is 4.08. The number of carbonyl (C=O) groups excluding carboxylic acids is 2. The SMILES string of the molecule is CC(C)C[C@H](N)C(=O)N[C@H]([C]=O)[C@@H](C)O. The van der Waals surface area contributed by atoms with E-state index in [1.54, 1.807) is 6.29 Å². The van der Waals surface area contributed by atoms with Crippen LogP contribution in [0.15, 0.2) is 0 Å². The topological polar surface area (TPSA) is 92.4 Å². The van der Waals surface area contributed by atoms with Crippen LogP contribution in [0.4, 0.5) is 0 Å². The minimum atomic E-state index is -1.00. The Balaban J connectivity index is 4.16. The summed E-state index contributed by atoms with van der Waals surface area (Å²) >= 11 is 0. The van der Waals surface area contributed by atoms with Gasteiger partial charge in [-0.2, -0.15) is 0 Å². The molecule has 0 saturated heterocycles. The maximum atomic E-state index is 11.4. The van der Waals surface area contributed by atoms with Gasteiger partial charge in [-0.1, -0.05) is 13.8 Å². The Bertz CT molecular complexity index is 217. The maximum Gasteiger partial charge on any atom is 0.237 e. The van der Waals surface area contributed by atoms with Gasteiger partial charge in [-0.25, -0.2) is 0 Å². The van der Waals surface area contributed by atoms with Crippen molar-refractivity contribution in [3.05, 3.63) is 0 Å². The highest BCUT2D eigenvalue weighted by Crippen LogP contribution is 2.03. The first-order valence-corrected chi connectivity index (χ1v) is 5.00. The molecular weight excluding hydrogens is 196 g/mol. The van der Waals surface area contributed by atoms with E-state index in [-0.39, 0.29) is 0 Å². The second-order valence-corrected chi connectivity index (χ2v) is 4.08. The van der Waals surface area contributed by atoms with E-state index in [0.29, 0.717) is 12.3 Å². The fraction of sp³-hybridized carbons (Fsp3) is 0.800. The molecule has 5 nitrogen and oxygen atoms in total. The van der Waals surface area contributed by atoms with Gasteiger partial charge in [0, 0.05) is 0 Å². The van der Waals surface area contributed by atoms with Gasteiger partial charge < -0.3 is 16.2 Å². The fourth-order valence-electron chi connectivity index (χ4n) is 1.12. The highest BCUT2D eigenvalue weighted by atomic mass is 16.3. The van der Waals surface area contributed by atoms with Crippen LogP contribution in [0.2, 0.25) is 0 Å². The Hall–Kier alpha value is -0.940. The van der Waals surface area contributed by atoms with E-state index in [2.05, 4.69) is 5.32 Å². The number of hydrogen-bond acceptors (Lipinski definition) is 4. The van der Waals surface area contributed by atoms with Crippen molar-refractivity contribution in [1.29, 1.82) is 0 Å². The van der Waals surface area contributed by atoms with Gasteiger partial charge in [0.2, 0.25) is 12.2 Å². The first-order valence-electron chi connectivity index (χ1n) is 5.00. The Labute approximate surface area is 90.0 Å². The average Bonchev–Trinajstić information content (AvgIpc) is 2.11. The van der Waals surface area contributed by atoms with Crippen LogP contribution in [0.25, 0.3) is 0 Å². The molecule has 0 unspecified atom stereocenters. The van der Waals surface area contributed by atoms with Crippen molar-refractivity contribution in [2.75, 3.05) is 0 Å². The Morgan fingerprint density at radius 2 is 2.00 bits per heavy atom. The molecule has 15 heavy (non-hydrogen) atoms. The standard InChI is InChI=1S/C10H19N2O3/c1-6(2)4-8(11)10(15)12-9(5-13)7(3)14/h6-9,14H,4,11H2,1-3H3,(H,12,15)/t7-,8+,9-/m1/s1. The summed E-state index contributed by atoms with van der Waals surface area (Å²) in [5.74, 6) is -0.131. The molecule has 0 saturated carbocycles. The van der Waals surface area contributed by atoms with E-state index in [9.17, 15) is 9.59 Å². The van der Waals surface area contributed by atoms with Crippen molar-refractivity contribution < 1.29 is 14.7 Å². The normalized spacial score (nSPS) is 16.9. The van der Waals surface area contributed by atoms with Gasteiger partial charge in [0.1, 0.15) is 6.04 Å². The summed E-state index contributed by atoms with van der Waals surface area (Å²) in [6.07, 6.45) is 1.13. The lowest BCUT2D eigenvalue weighted by Gasteiger charge is -2.18. The van der Waals surface area contributed by atoms with Gasteiger partial charge in [0.25, 0.3) is 0 Å². The smallest absolute Gasteiger partial charge is 0.237 e. The molecule has 0 aliphatic carbocycles. The van der Waals surface area contributed by atoms with Crippen molar-refractivity contribution in [2.45, 2.75) is 45.4 Å². The summed E-state index contributed by atoms with van der Waals surface area (Å²) in [5, 5.41) is 11.4. The van der Waals surface area contributed by atoms with Gasteiger partial charge in [0.15, 0.2) is 0 Å². The third-order valence-corrected chi connectivity index (χ3v) is 1.97. The van der Waals surface area contributed by atoms with Crippen LogP contribution in [0.3, 0.4) is 0 Å². The molecule has 0 rings (SSSR count). The highest BCUT2D eigenvalue weighted by Gasteiger charge is 2.21. The lowest BCUT2D eigenvalue weighted by atomic mass is 10.0. The predicted octanol–water partition coefficient (Wildman–Crippen LogP) is -0.665. The van der Waals surface area contributed by atoms with Crippen LogP contribution >= 0.6 is 0 Å². The molecule has 0 fully saturated rings. The van der Waals surface area contributed by atoms with E-state index in [1.165, 1.54) is 6.92 Å². The monoisotopic (exact) mass is 215 g/mol. The molecule has 0 aromatic carbocycles. The molecule has 87 valence electrons.